The topological polar surface area (TPSA) is 12.0 Å². The number of rotatable bonds is 8. The molecule has 2 unspecified atom stereocenters. The van der Waals surface area contributed by atoms with E-state index in [9.17, 15) is 0 Å². The minimum Gasteiger partial charge on any atom is -0.314 e. The molecule has 2 aliphatic carbocycles. The molecule has 0 aromatic heterocycles. The van der Waals surface area contributed by atoms with Crippen LogP contribution in [0.5, 0.6) is 0 Å². The van der Waals surface area contributed by atoms with Crippen molar-refractivity contribution in [2.45, 2.75) is 51.5 Å². The molecule has 2 atom stereocenters. The predicted molar refractivity (Wildman–Crippen MR) is 69.5 cm³/mol. The Kier molecular flexibility index (Phi) is 4.83. The van der Waals surface area contributed by atoms with Crippen molar-refractivity contribution >= 4 is 11.8 Å². The molecule has 0 aromatic rings. The van der Waals surface area contributed by atoms with Gasteiger partial charge in [-0.1, -0.05) is 6.92 Å². The summed E-state index contributed by atoms with van der Waals surface area (Å²) < 4.78 is 0. The zero-order valence-electron chi connectivity index (χ0n) is 10.0. The fourth-order valence-corrected chi connectivity index (χ4v) is 3.14. The summed E-state index contributed by atoms with van der Waals surface area (Å²) in [5.74, 6) is 4.76. The van der Waals surface area contributed by atoms with Crippen molar-refractivity contribution in [3.63, 3.8) is 0 Å². The molecule has 0 bridgehead atoms. The van der Waals surface area contributed by atoms with Gasteiger partial charge in [-0.3, -0.25) is 0 Å². The summed E-state index contributed by atoms with van der Waals surface area (Å²) in [7, 11) is 0. The maximum absolute atomic E-state index is 3.68. The lowest BCUT2D eigenvalue weighted by atomic mass is 9.71. The number of nitrogens with one attached hydrogen (secondary N) is 1. The van der Waals surface area contributed by atoms with Crippen LogP contribution in [0.15, 0.2) is 0 Å². The molecular weight excluding hydrogens is 202 g/mol. The molecule has 0 amide bonds. The van der Waals surface area contributed by atoms with E-state index in [0.29, 0.717) is 0 Å². The first kappa shape index (κ1) is 11.8. The summed E-state index contributed by atoms with van der Waals surface area (Å²) >= 11 is 2.10. The molecule has 0 radical (unpaired) electrons. The highest BCUT2D eigenvalue weighted by Crippen LogP contribution is 2.37. The zero-order chi connectivity index (χ0) is 10.5. The predicted octanol–water partition coefficient (Wildman–Crippen LogP) is 3.30. The van der Waals surface area contributed by atoms with Crippen molar-refractivity contribution in [3.8, 4) is 0 Å². The third-order valence-corrected chi connectivity index (χ3v) is 4.87. The fourth-order valence-electron chi connectivity index (χ4n) is 2.48. The van der Waals surface area contributed by atoms with Crippen molar-refractivity contribution in [3.05, 3.63) is 0 Å². The molecular formula is C13H25NS. The molecule has 0 aromatic carbocycles. The van der Waals surface area contributed by atoms with E-state index in [0.717, 1.165) is 17.9 Å². The number of hydrogen-bond acceptors (Lipinski definition) is 2. The molecule has 2 fully saturated rings. The first-order chi connectivity index (χ1) is 7.40. The average molecular weight is 227 g/mol. The van der Waals surface area contributed by atoms with Crippen LogP contribution in [0.2, 0.25) is 0 Å². The van der Waals surface area contributed by atoms with Crippen LogP contribution in [0, 0.1) is 11.8 Å². The van der Waals surface area contributed by atoms with Gasteiger partial charge in [0, 0.05) is 6.04 Å². The second-order valence-corrected chi connectivity index (χ2v) is 6.51. The standard InChI is InChI=1S/C13H25NS/c1-2-15-9-3-4-11-5-6-12(11)10-14-13-7-8-13/h11-14H,2-10H2,1H3. The first-order valence-electron chi connectivity index (χ1n) is 6.71. The SMILES string of the molecule is CCSCCCC1CCC1CNC1CC1. The van der Waals surface area contributed by atoms with E-state index in [1.165, 1.54) is 56.6 Å². The van der Waals surface area contributed by atoms with Crippen molar-refractivity contribution in [2.75, 3.05) is 18.1 Å². The van der Waals surface area contributed by atoms with Crippen LogP contribution in [0.1, 0.15) is 45.4 Å². The Morgan fingerprint density at radius 1 is 1.13 bits per heavy atom. The minimum absolute atomic E-state index is 0.905. The molecule has 2 aliphatic rings. The van der Waals surface area contributed by atoms with Gasteiger partial charge in [0.15, 0.2) is 0 Å². The van der Waals surface area contributed by atoms with E-state index in [1.54, 1.807) is 0 Å². The Labute approximate surface area is 98.8 Å². The summed E-state index contributed by atoms with van der Waals surface area (Å²) in [6.45, 7) is 3.58. The normalized spacial score (nSPS) is 30.2. The number of thioether (sulfide) groups is 1. The molecule has 1 N–H and O–H groups in total. The van der Waals surface area contributed by atoms with Gasteiger partial charge in [0.05, 0.1) is 0 Å². The summed E-state index contributed by atoms with van der Waals surface area (Å²) in [4.78, 5) is 0. The van der Waals surface area contributed by atoms with Crippen LogP contribution in [0.25, 0.3) is 0 Å². The Hall–Kier alpha value is 0.310. The van der Waals surface area contributed by atoms with E-state index in [4.69, 9.17) is 0 Å². The maximum Gasteiger partial charge on any atom is 0.00683 e. The van der Waals surface area contributed by atoms with Gasteiger partial charge in [-0.05, 0) is 68.4 Å². The van der Waals surface area contributed by atoms with Crippen molar-refractivity contribution in [1.29, 1.82) is 0 Å². The third kappa shape index (κ3) is 3.99. The maximum atomic E-state index is 3.68. The van der Waals surface area contributed by atoms with Gasteiger partial charge in [-0.25, -0.2) is 0 Å². The summed E-state index contributed by atoms with van der Waals surface area (Å²) in [5.41, 5.74) is 0. The fraction of sp³-hybridized carbons (Fsp3) is 1.00. The molecule has 2 heteroatoms. The van der Waals surface area contributed by atoms with Crippen molar-refractivity contribution in [2.24, 2.45) is 11.8 Å². The van der Waals surface area contributed by atoms with Crippen LogP contribution in [0.4, 0.5) is 0 Å². The lowest BCUT2D eigenvalue weighted by molar-refractivity contribution is 0.159. The largest absolute Gasteiger partial charge is 0.314 e. The summed E-state index contributed by atoms with van der Waals surface area (Å²) in [6.07, 6.45) is 8.81. The van der Waals surface area contributed by atoms with Crippen LogP contribution in [-0.4, -0.2) is 24.1 Å². The van der Waals surface area contributed by atoms with Crippen molar-refractivity contribution in [1.82, 2.24) is 5.32 Å². The quantitative estimate of drug-likeness (QED) is 0.639. The van der Waals surface area contributed by atoms with Gasteiger partial charge in [0.2, 0.25) is 0 Å². The van der Waals surface area contributed by atoms with E-state index in [-0.39, 0.29) is 0 Å². The smallest absolute Gasteiger partial charge is 0.00683 e. The lowest BCUT2D eigenvalue weighted by Gasteiger charge is -2.37. The highest BCUT2D eigenvalue weighted by Gasteiger charge is 2.31. The third-order valence-electron chi connectivity index (χ3n) is 3.89. The highest BCUT2D eigenvalue weighted by atomic mass is 32.2. The second kappa shape index (κ2) is 6.15. The molecule has 15 heavy (non-hydrogen) atoms. The van der Waals surface area contributed by atoms with Gasteiger partial charge < -0.3 is 5.32 Å². The molecule has 88 valence electrons. The second-order valence-electron chi connectivity index (χ2n) is 5.12. The average Bonchev–Trinajstić information content (AvgIpc) is 3.00. The Morgan fingerprint density at radius 3 is 2.53 bits per heavy atom. The van der Waals surface area contributed by atoms with Crippen LogP contribution >= 0.6 is 11.8 Å². The van der Waals surface area contributed by atoms with E-state index in [2.05, 4.69) is 24.0 Å². The molecule has 0 saturated heterocycles. The van der Waals surface area contributed by atoms with Crippen molar-refractivity contribution < 1.29 is 0 Å². The van der Waals surface area contributed by atoms with Gasteiger partial charge in [-0.2, -0.15) is 11.8 Å². The van der Waals surface area contributed by atoms with Gasteiger partial charge in [0.25, 0.3) is 0 Å². The Bertz CT molecular complexity index is 179. The van der Waals surface area contributed by atoms with Crippen LogP contribution in [-0.2, 0) is 0 Å². The summed E-state index contributed by atoms with van der Waals surface area (Å²) in [6, 6.07) is 0.905. The van der Waals surface area contributed by atoms with E-state index >= 15 is 0 Å². The number of hydrogen-bond donors (Lipinski definition) is 1. The molecule has 2 saturated carbocycles. The van der Waals surface area contributed by atoms with Gasteiger partial charge >= 0.3 is 0 Å². The summed E-state index contributed by atoms with van der Waals surface area (Å²) in [5, 5.41) is 3.68. The zero-order valence-corrected chi connectivity index (χ0v) is 10.8. The molecule has 0 spiro atoms. The van der Waals surface area contributed by atoms with Crippen LogP contribution in [0.3, 0.4) is 0 Å². The monoisotopic (exact) mass is 227 g/mol. The minimum atomic E-state index is 0.905. The first-order valence-corrected chi connectivity index (χ1v) is 7.86. The molecule has 0 heterocycles. The highest BCUT2D eigenvalue weighted by molar-refractivity contribution is 7.99. The Morgan fingerprint density at radius 2 is 1.93 bits per heavy atom. The molecule has 0 aliphatic heterocycles. The van der Waals surface area contributed by atoms with Gasteiger partial charge in [0.1, 0.15) is 0 Å². The molecule has 1 nitrogen and oxygen atoms in total. The Balaban J connectivity index is 1.49. The molecule has 2 rings (SSSR count). The lowest BCUT2D eigenvalue weighted by Crippen LogP contribution is -2.36. The van der Waals surface area contributed by atoms with Gasteiger partial charge in [-0.15, -0.1) is 0 Å². The van der Waals surface area contributed by atoms with E-state index < -0.39 is 0 Å². The van der Waals surface area contributed by atoms with E-state index in [1.807, 2.05) is 0 Å². The van der Waals surface area contributed by atoms with Crippen LogP contribution < -0.4 is 5.32 Å².